The molecule has 3 N–H and O–H groups in total. The third kappa shape index (κ3) is 6.07. The fourth-order valence-corrected chi connectivity index (χ4v) is 3.22. The van der Waals surface area contributed by atoms with Gasteiger partial charge in [-0.1, -0.05) is 18.6 Å². The van der Waals surface area contributed by atoms with Crippen LogP contribution in [-0.4, -0.2) is 50.3 Å². The summed E-state index contributed by atoms with van der Waals surface area (Å²) < 4.78 is 19.1. The molecule has 3 rings (SSSR count). The molecule has 0 bridgehead atoms. The average molecular weight is 462 g/mol. The second-order valence-electron chi connectivity index (χ2n) is 6.62. The van der Waals surface area contributed by atoms with Crippen LogP contribution < -0.4 is 11.1 Å². The van der Waals surface area contributed by atoms with Crippen LogP contribution in [0.15, 0.2) is 29.3 Å². The lowest BCUT2D eigenvalue weighted by Gasteiger charge is -2.34. The molecule has 1 aliphatic heterocycles. The number of hydrogen-bond acceptors (Lipinski definition) is 3. The van der Waals surface area contributed by atoms with Crippen molar-refractivity contribution < 1.29 is 9.13 Å². The molecule has 2 fully saturated rings. The van der Waals surface area contributed by atoms with E-state index in [4.69, 9.17) is 10.5 Å². The Hall–Kier alpha value is -0.930. The standard InChI is InChI=1S/C18H27FN4O.HI/c19-16-6-2-5-15(11-16)17(23-7-9-24-10-8-23)13-22-18(20)21-12-14-3-1-4-14;/h2,5-6,11,14,17H,1,3-4,7-10,12-13H2,(H3,20,21,22);1H. The zero-order valence-corrected chi connectivity index (χ0v) is 16.8. The lowest BCUT2D eigenvalue weighted by molar-refractivity contribution is 0.0179. The van der Waals surface area contributed by atoms with Gasteiger partial charge in [0.05, 0.1) is 25.8 Å². The summed E-state index contributed by atoms with van der Waals surface area (Å²) in [4.78, 5) is 6.81. The van der Waals surface area contributed by atoms with Crippen molar-refractivity contribution in [3.8, 4) is 0 Å². The van der Waals surface area contributed by atoms with Crippen molar-refractivity contribution in [1.29, 1.82) is 0 Å². The molecule has 2 aliphatic rings. The Kier molecular flexibility index (Phi) is 8.38. The first kappa shape index (κ1) is 20.4. The van der Waals surface area contributed by atoms with E-state index in [1.807, 2.05) is 6.07 Å². The van der Waals surface area contributed by atoms with Gasteiger partial charge in [0.2, 0.25) is 0 Å². The fourth-order valence-electron chi connectivity index (χ4n) is 3.22. The summed E-state index contributed by atoms with van der Waals surface area (Å²) in [6.45, 7) is 4.47. The summed E-state index contributed by atoms with van der Waals surface area (Å²) in [5, 5.41) is 3.22. The number of morpholine rings is 1. The summed E-state index contributed by atoms with van der Waals surface area (Å²) in [7, 11) is 0. The SMILES string of the molecule is I.NC(=NCC(c1cccc(F)c1)N1CCOCC1)NCC1CCC1. The van der Waals surface area contributed by atoms with Crippen molar-refractivity contribution >= 4 is 29.9 Å². The normalized spacial score (nSPS) is 20.4. The van der Waals surface area contributed by atoms with E-state index in [1.165, 1.54) is 25.3 Å². The van der Waals surface area contributed by atoms with Crippen molar-refractivity contribution in [2.24, 2.45) is 16.6 Å². The van der Waals surface area contributed by atoms with E-state index in [0.29, 0.717) is 25.7 Å². The Balaban J connectivity index is 0.00000225. The number of ether oxygens (including phenoxy) is 1. The molecule has 1 saturated heterocycles. The Bertz CT molecular complexity index is 562. The number of aliphatic imine (C=N–C) groups is 1. The fraction of sp³-hybridized carbons (Fsp3) is 0.611. The summed E-state index contributed by atoms with van der Waals surface area (Å²) >= 11 is 0. The molecule has 1 aromatic carbocycles. The second-order valence-corrected chi connectivity index (χ2v) is 6.62. The third-order valence-corrected chi connectivity index (χ3v) is 4.95. The van der Waals surface area contributed by atoms with Gasteiger partial charge in [0.15, 0.2) is 5.96 Å². The van der Waals surface area contributed by atoms with E-state index in [2.05, 4.69) is 15.2 Å². The molecule has 0 spiro atoms. The Morgan fingerprint density at radius 2 is 2.12 bits per heavy atom. The quantitative estimate of drug-likeness (QED) is 0.388. The van der Waals surface area contributed by atoms with Gasteiger partial charge in [-0.25, -0.2) is 4.39 Å². The van der Waals surface area contributed by atoms with Crippen LogP contribution >= 0.6 is 24.0 Å². The first-order valence-electron chi connectivity index (χ1n) is 8.83. The Morgan fingerprint density at radius 1 is 1.36 bits per heavy atom. The van der Waals surface area contributed by atoms with E-state index >= 15 is 0 Å². The monoisotopic (exact) mass is 462 g/mol. The largest absolute Gasteiger partial charge is 0.379 e. The van der Waals surface area contributed by atoms with Gasteiger partial charge in [0.1, 0.15) is 5.82 Å². The Labute approximate surface area is 166 Å². The van der Waals surface area contributed by atoms with E-state index in [1.54, 1.807) is 12.1 Å². The van der Waals surface area contributed by atoms with E-state index in [0.717, 1.165) is 31.1 Å². The van der Waals surface area contributed by atoms with Crippen molar-refractivity contribution in [1.82, 2.24) is 10.2 Å². The molecule has 7 heteroatoms. The summed E-state index contributed by atoms with van der Waals surface area (Å²) in [6, 6.07) is 6.79. The number of benzene rings is 1. The van der Waals surface area contributed by atoms with E-state index < -0.39 is 0 Å². The maximum absolute atomic E-state index is 13.6. The molecule has 1 saturated carbocycles. The molecular weight excluding hydrogens is 434 g/mol. The predicted molar refractivity (Wildman–Crippen MR) is 109 cm³/mol. The molecule has 1 aromatic rings. The first-order valence-corrected chi connectivity index (χ1v) is 8.83. The number of nitrogens with zero attached hydrogens (tertiary/aromatic N) is 2. The number of halogens is 2. The van der Waals surface area contributed by atoms with Crippen LogP contribution in [-0.2, 0) is 4.74 Å². The smallest absolute Gasteiger partial charge is 0.188 e. The molecule has 0 amide bonds. The van der Waals surface area contributed by atoms with Crippen LogP contribution in [0, 0.1) is 11.7 Å². The predicted octanol–water partition coefficient (Wildman–Crippen LogP) is 2.52. The van der Waals surface area contributed by atoms with Crippen LogP contribution in [0.5, 0.6) is 0 Å². The zero-order valence-electron chi connectivity index (χ0n) is 14.5. The molecule has 0 radical (unpaired) electrons. The summed E-state index contributed by atoms with van der Waals surface area (Å²) in [5.74, 6) is 0.999. The molecule has 0 aromatic heterocycles. The van der Waals surface area contributed by atoms with E-state index in [-0.39, 0.29) is 35.8 Å². The van der Waals surface area contributed by atoms with Crippen molar-refractivity contribution in [3.05, 3.63) is 35.6 Å². The number of hydrogen-bond donors (Lipinski definition) is 2. The van der Waals surface area contributed by atoms with Gasteiger partial charge in [-0.2, -0.15) is 0 Å². The van der Waals surface area contributed by atoms with Crippen LogP contribution in [0.2, 0.25) is 0 Å². The molecule has 1 heterocycles. The van der Waals surface area contributed by atoms with Crippen molar-refractivity contribution in [2.75, 3.05) is 39.4 Å². The van der Waals surface area contributed by atoms with Gasteiger partial charge in [0.25, 0.3) is 0 Å². The Morgan fingerprint density at radius 3 is 2.76 bits per heavy atom. The molecular formula is C18H28FIN4O. The van der Waals surface area contributed by atoms with Crippen LogP contribution in [0.1, 0.15) is 30.9 Å². The van der Waals surface area contributed by atoms with Gasteiger partial charge in [-0.3, -0.25) is 9.89 Å². The highest BCUT2D eigenvalue weighted by molar-refractivity contribution is 14.0. The minimum atomic E-state index is -0.217. The number of nitrogens with one attached hydrogen (secondary N) is 1. The van der Waals surface area contributed by atoms with Crippen LogP contribution in [0.3, 0.4) is 0 Å². The highest BCUT2D eigenvalue weighted by Crippen LogP contribution is 2.25. The molecule has 1 atom stereocenters. The first-order chi connectivity index (χ1) is 11.7. The van der Waals surface area contributed by atoms with Gasteiger partial charge >= 0.3 is 0 Å². The average Bonchev–Trinajstić information content (AvgIpc) is 2.55. The van der Waals surface area contributed by atoms with E-state index in [9.17, 15) is 4.39 Å². The van der Waals surface area contributed by atoms with Gasteiger partial charge < -0.3 is 15.8 Å². The zero-order chi connectivity index (χ0) is 16.8. The lowest BCUT2D eigenvalue weighted by Crippen LogP contribution is -2.41. The maximum atomic E-state index is 13.6. The highest BCUT2D eigenvalue weighted by atomic mass is 127. The van der Waals surface area contributed by atoms with Gasteiger partial charge in [-0.15, -0.1) is 24.0 Å². The number of rotatable bonds is 6. The second kappa shape index (κ2) is 10.3. The van der Waals surface area contributed by atoms with Gasteiger partial charge in [0, 0.05) is 19.6 Å². The summed E-state index contributed by atoms with van der Waals surface area (Å²) in [6.07, 6.45) is 3.88. The van der Waals surface area contributed by atoms with Gasteiger partial charge in [-0.05, 0) is 36.5 Å². The van der Waals surface area contributed by atoms with Crippen molar-refractivity contribution in [2.45, 2.75) is 25.3 Å². The maximum Gasteiger partial charge on any atom is 0.188 e. The minimum absolute atomic E-state index is 0. The number of nitrogens with two attached hydrogens (primary N) is 1. The third-order valence-electron chi connectivity index (χ3n) is 4.95. The minimum Gasteiger partial charge on any atom is -0.379 e. The lowest BCUT2D eigenvalue weighted by atomic mass is 9.85. The number of guanidine groups is 1. The molecule has 140 valence electrons. The molecule has 1 aliphatic carbocycles. The molecule has 25 heavy (non-hydrogen) atoms. The van der Waals surface area contributed by atoms with Crippen molar-refractivity contribution in [3.63, 3.8) is 0 Å². The van der Waals surface area contributed by atoms with Crippen LogP contribution in [0.25, 0.3) is 0 Å². The topological polar surface area (TPSA) is 62.9 Å². The molecule has 1 unspecified atom stereocenters. The highest BCUT2D eigenvalue weighted by Gasteiger charge is 2.23. The summed E-state index contributed by atoms with van der Waals surface area (Å²) in [5.41, 5.74) is 6.95. The molecule has 5 nitrogen and oxygen atoms in total. The van der Waals surface area contributed by atoms with Crippen LogP contribution in [0.4, 0.5) is 4.39 Å².